The Morgan fingerprint density at radius 2 is 2.47 bits per heavy atom. The number of amides is 1. The molecule has 5 heteroatoms. The van der Waals surface area contributed by atoms with E-state index < -0.39 is 0 Å². The van der Waals surface area contributed by atoms with Crippen molar-refractivity contribution in [2.45, 2.75) is 13.0 Å². The Bertz CT molecular complexity index is 340. The highest BCUT2D eigenvalue weighted by Gasteiger charge is 2.20. The Balaban J connectivity index is 0.00000112. The van der Waals surface area contributed by atoms with Crippen molar-refractivity contribution in [1.29, 1.82) is 0 Å². The highest BCUT2D eigenvalue weighted by molar-refractivity contribution is 7.10. The van der Waals surface area contributed by atoms with Crippen LogP contribution >= 0.6 is 23.7 Å². The molecule has 0 unspecified atom stereocenters. The maximum atomic E-state index is 11.6. The van der Waals surface area contributed by atoms with Crippen LogP contribution in [0.3, 0.4) is 0 Å². The third-order valence-corrected chi connectivity index (χ3v) is 3.51. The molecule has 1 aliphatic heterocycles. The zero-order valence-corrected chi connectivity index (χ0v) is 10.3. The van der Waals surface area contributed by atoms with Crippen LogP contribution in [0.5, 0.6) is 0 Å². The molecule has 2 rings (SSSR count). The quantitative estimate of drug-likeness (QED) is 0.853. The summed E-state index contributed by atoms with van der Waals surface area (Å²) in [5.41, 5.74) is 1.32. The van der Waals surface area contributed by atoms with E-state index in [1.54, 1.807) is 18.4 Å². The summed E-state index contributed by atoms with van der Waals surface area (Å²) >= 11 is 1.80. The molecule has 1 N–H and O–H groups in total. The van der Waals surface area contributed by atoms with E-state index in [2.05, 4.69) is 16.8 Å². The molecule has 0 saturated carbocycles. The van der Waals surface area contributed by atoms with Gasteiger partial charge in [-0.3, -0.25) is 4.79 Å². The lowest BCUT2D eigenvalue weighted by molar-refractivity contribution is -0.131. The lowest BCUT2D eigenvalue weighted by Crippen LogP contribution is -2.39. The van der Waals surface area contributed by atoms with Gasteiger partial charge < -0.3 is 10.2 Å². The largest absolute Gasteiger partial charge is 0.337 e. The number of rotatable bonds is 2. The molecular weight excluding hydrogens is 232 g/mol. The van der Waals surface area contributed by atoms with Crippen LogP contribution in [-0.2, 0) is 17.8 Å². The Morgan fingerprint density at radius 1 is 1.67 bits per heavy atom. The number of halogens is 1. The third-order valence-electron chi connectivity index (χ3n) is 2.49. The number of hydrogen-bond acceptors (Lipinski definition) is 3. The highest BCUT2D eigenvalue weighted by Crippen LogP contribution is 2.23. The van der Waals surface area contributed by atoms with E-state index in [0.717, 1.165) is 19.5 Å². The maximum Gasteiger partial charge on any atom is 0.236 e. The van der Waals surface area contributed by atoms with Gasteiger partial charge in [-0.2, -0.15) is 0 Å². The Morgan fingerprint density at radius 3 is 3.20 bits per heavy atom. The molecule has 1 aromatic heterocycles. The molecule has 1 aliphatic rings. The second-order valence-corrected chi connectivity index (χ2v) is 4.47. The standard InChI is InChI=1S/C10H14N2OS.ClH/c1-11-6-10(13)12-4-2-9-8(7-12)3-5-14-9;/h3,5,11H,2,4,6-7H2,1H3;1H. The minimum Gasteiger partial charge on any atom is -0.337 e. The summed E-state index contributed by atoms with van der Waals surface area (Å²) in [6.07, 6.45) is 1.02. The molecular formula is C10H15ClN2OS. The van der Waals surface area contributed by atoms with Crippen molar-refractivity contribution >= 4 is 29.7 Å². The van der Waals surface area contributed by atoms with Gasteiger partial charge in [-0.15, -0.1) is 23.7 Å². The molecule has 0 saturated heterocycles. The number of fused-ring (bicyclic) bond motifs is 1. The van der Waals surface area contributed by atoms with Crippen molar-refractivity contribution in [1.82, 2.24) is 10.2 Å². The predicted molar refractivity (Wildman–Crippen MR) is 64.6 cm³/mol. The molecule has 3 nitrogen and oxygen atoms in total. The SMILES string of the molecule is CNCC(=O)N1CCc2sccc2C1.Cl. The van der Waals surface area contributed by atoms with Gasteiger partial charge in [0.25, 0.3) is 0 Å². The summed E-state index contributed by atoms with van der Waals surface area (Å²) in [5.74, 6) is 0.198. The fourth-order valence-electron chi connectivity index (χ4n) is 1.72. The minimum atomic E-state index is 0. The minimum absolute atomic E-state index is 0. The average Bonchev–Trinajstić information content (AvgIpc) is 2.64. The summed E-state index contributed by atoms with van der Waals surface area (Å²) in [6, 6.07) is 2.12. The second kappa shape index (κ2) is 5.49. The summed E-state index contributed by atoms with van der Waals surface area (Å²) in [7, 11) is 1.80. The van der Waals surface area contributed by atoms with Crippen LogP contribution in [0.4, 0.5) is 0 Å². The van der Waals surface area contributed by atoms with E-state index in [1.165, 1.54) is 10.4 Å². The van der Waals surface area contributed by atoms with Crippen LogP contribution in [-0.4, -0.2) is 30.9 Å². The van der Waals surface area contributed by atoms with Gasteiger partial charge in [0.1, 0.15) is 0 Å². The molecule has 0 radical (unpaired) electrons. The molecule has 2 heterocycles. The smallest absolute Gasteiger partial charge is 0.236 e. The van der Waals surface area contributed by atoms with Gasteiger partial charge in [-0.1, -0.05) is 0 Å². The molecule has 15 heavy (non-hydrogen) atoms. The van der Waals surface area contributed by atoms with E-state index in [4.69, 9.17) is 0 Å². The molecule has 0 aromatic carbocycles. The third kappa shape index (κ3) is 2.71. The fourth-order valence-corrected chi connectivity index (χ4v) is 2.61. The fraction of sp³-hybridized carbons (Fsp3) is 0.500. The lowest BCUT2D eigenvalue weighted by atomic mass is 10.1. The number of likely N-dealkylation sites (N-methyl/N-ethyl adjacent to an activating group) is 1. The topological polar surface area (TPSA) is 32.3 Å². The summed E-state index contributed by atoms with van der Waals surface area (Å²) in [6.45, 7) is 2.10. The first-order valence-corrected chi connectivity index (χ1v) is 5.67. The average molecular weight is 247 g/mol. The molecule has 0 bridgehead atoms. The molecule has 0 aliphatic carbocycles. The van der Waals surface area contributed by atoms with Gasteiger partial charge in [0.05, 0.1) is 6.54 Å². The van der Waals surface area contributed by atoms with Gasteiger partial charge in [0, 0.05) is 18.0 Å². The van der Waals surface area contributed by atoms with Gasteiger partial charge in [-0.05, 0) is 30.5 Å². The Kier molecular flexibility index (Phi) is 4.57. The highest BCUT2D eigenvalue weighted by atomic mass is 35.5. The summed E-state index contributed by atoms with van der Waals surface area (Å²) in [4.78, 5) is 15.0. The van der Waals surface area contributed by atoms with Crippen molar-refractivity contribution in [2.24, 2.45) is 0 Å². The number of carbonyl (C=O) groups excluding carboxylic acids is 1. The zero-order chi connectivity index (χ0) is 9.97. The number of carbonyl (C=O) groups is 1. The number of nitrogens with one attached hydrogen (secondary N) is 1. The van der Waals surface area contributed by atoms with Gasteiger partial charge in [0.2, 0.25) is 5.91 Å². The first-order valence-electron chi connectivity index (χ1n) is 4.79. The van der Waals surface area contributed by atoms with Gasteiger partial charge in [-0.25, -0.2) is 0 Å². The molecule has 84 valence electrons. The monoisotopic (exact) mass is 246 g/mol. The van der Waals surface area contributed by atoms with E-state index >= 15 is 0 Å². The second-order valence-electron chi connectivity index (χ2n) is 3.46. The number of hydrogen-bond donors (Lipinski definition) is 1. The van der Waals surface area contributed by atoms with Crippen LogP contribution in [0.15, 0.2) is 11.4 Å². The van der Waals surface area contributed by atoms with Crippen LogP contribution in [0.1, 0.15) is 10.4 Å². The van der Waals surface area contributed by atoms with E-state index in [-0.39, 0.29) is 18.3 Å². The van der Waals surface area contributed by atoms with Crippen molar-refractivity contribution in [2.75, 3.05) is 20.1 Å². The van der Waals surface area contributed by atoms with Crippen LogP contribution < -0.4 is 5.32 Å². The first-order chi connectivity index (χ1) is 6.81. The molecule has 0 fully saturated rings. The number of nitrogens with zero attached hydrogens (tertiary/aromatic N) is 1. The van der Waals surface area contributed by atoms with Crippen molar-refractivity contribution in [3.8, 4) is 0 Å². The predicted octanol–water partition coefficient (Wildman–Crippen LogP) is 1.27. The number of thiophene rings is 1. The molecule has 1 amide bonds. The van der Waals surface area contributed by atoms with E-state index in [9.17, 15) is 4.79 Å². The summed E-state index contributed by atoms with van der Waals surface area (Å²) in [5, 5.41) is 5.00. The molecule has 0 atom stereocenters. The zero-order valence-electron chi connectivity index (χ0n) is 8.66. The van der Waals surface area contributed by atoms with Crippen LogP contribution in [0, 0.1) is 0 Å². The lowest BCUT2D eigenvalue weighted by Gasteiger charge is -2.26. The van der Waals surface area contributed by atoms with Crippen molar-refractivity contribution < 1.29 is 4.79 Å². The van der Waals surface area contributed by atoms with Crippen molar-refractivity contribution in [3.05, 3.63) is 21.9 Å². The van der Waals surface area contributed by atoms with Crippen molar-refractivity contribution in [3.63, 3.8) is 0 Å². The first kappa shape index (κ1) is 12.5. The molecule has 0 spiro atoms. The summed E-state index contributed by atoms with van der Waals surface area (Å²) < 4.78 is 0. The van der Waals surface area contributed by atoms with Crippen LogP contribution in [0.25, 0.3) is 0 Å². The van der Waals surface area contributed by atoms with E-state index in [1.807, 2.05) is 4.90 Å². The van der Waals surface area contributed by atoms with Gasteiger partial charge >= 0.3 is 0 Å². The van der Waals surface area contributed by atoms with Gasteiger partial charge in [0.15, 0.2) is 0 Å². The Hall–Kier alpha value is -0.580. The Labute approximate surface area is 99.9 Å². The van der Waals surface area contributed by atoms with E-state index in [0.29, 0.717) is 6.54 Å². The maximum absolute atomic E-state index is 11.6. The van der Waals surface area contributed by atoms with Crippen LogP contribution in [0.2, 0.25) is 0 Å². The normalized spacial score (nSPS) is 14.3. The molecule has 1 aromatic rings.